The number of carbonyl (C=O) groups is 1. The van der Waals surface area contributed by atoms with Crippen molar-refractivity contribution in [2.75, 3.05) is 44.2 Å². The molecule has 1 aliphatic rings. The number of amides is 1. The summed E-state index contributed by atoms with van der Waals surface area (Å²) in [5.74, 6) is -0.394. The van der Waals surface area contributed by atoms with Crippen LogP contribution in [0.4, 0.5) is 9.52 Å². The molecular weight excluding hydrogens is 455 g/mol. The summed E-state index contributed by atoms with van der Waals surface area (Å²) in [6, 6.07) is 12.9. The van der Waals surface area contributed by atoms with Gasteiger partial charge in [0.2, 0.25) is 0 Å². The molecule has 5 nitrogen and oxygen atoms in total. The third kappa shape index (κ3) is 4.13. The van der Waals surface area contributed by atoms with Gasteiger partial charge in [0.1, 0.15) is 16.2 Å². The maximum Gasteiger partial charge on any atom is 0.262 e. The zero-order valence-electron chi connectivity index (χ0n) is 16.6. The largest absolute Gasteiger partial charge is 0.350 e. The molecule has 1 aliphatic heterocycles. The fraction of sp³-hybridized carbons (Fsp3) is 0.273. The highest BCUT2D eigenvalue weighted by Crippen LogP contribution is 2.35. The van der Waals surface area contributed by atoms with E-state index in [1.165, 1.54) is 28.7 Å². The molecule has 9 heteroatoms. The predicted octanol–water partition coefficient (Wildman–Crippen LogP) is 4.86. The number of benzene rings is 2. The van der Waals surface area contributed by atoms with Crippen molar-refractivity contribution in [1.82, 2.24) is 15.2 Å². The third-order valence-corrected chi connectivity index (χ3v) is 8.21. The molecule has 0 atom stereocenters. The van der Waals surface area contributed by atoms with Crippen molar-refractivity contribution >= 4 is 65.6 Å². The normalized spacial score (nSPS) is 15.1. The molecule has 1 amide bonds. The van der Waals surface area contributed by atoms with Crippen LogP contribution in [0.3, 0.4) is 0 Å². The number of nitrogens with zero attached hydrogens (tertiary/aromatic N) is 3. The molecule has 0 spiro atoms. The van der Waals surface area contributed by atoms with Crippen LogP contribution in [-0.2, 0) is 0 Å². The van der Waals surface area contributed by atoms with Gasteiger partial charge in [0.15, 0.2) is 5.13 Å². The van der Waals surface area contributed by atoms with Crippen LogP contribution in [0, 0.1) is 5.82 Å². The van der Waals surface area contributed by atoms with Gasteiger partial charge in [-0.2, -0.15) is 0 Å². The highest BCUT2D eigenvalue weighted by molar-refractivity contribution is 7.22. The molecule has 160 valence electrons. The van der Waals surface area contributed by atoms with Crippen LogP contribution in [0.5, 0.6) is 0 Å². The Balaban J connectivity index is 1.13. The van der Waals surface area contributed by atoms with E-state index in [1.54, 1.807) is 6.07 Å². The van der Waals surface area contributed by atoms with Crippen LogP contribution in [0.25, 0.3) is 20.3 Å². The number of halogens is 2. The van der Waals surface area contributed by atoms with E-state index < -0.39 is 0 Å². The molecule has 2 aromatic heterocycles. The molecule has 1 fully saturated rings. The second-order valence-electron chi connectivity index (χ2n) is 7.41. The second kappa shape index (κ2) is 8.70. The lowest BCUT2D eigenvalue weighted by Gasteiger charge is -2.34. The fourth-order valence-electron chi connectivity index (χ4n) is 3.77. The quantitative estimate of drug-likeness (QED) is 0.449. The highest BCUT2D eigenvalue weighted by atomic mass is 35.5. The van der Waals surface area contributed by atoms with E-state index in [2.05, 4.69) is 20.1 Å². The third-order valence-electron chi connectivity index (χ3n) is 5.46. The molecule has 31 heavy (non-hydrogen) atoms. The average molecular weight is 475 g/mol. The number of thiophene rings is 1. The zero-order chi connectivity index (χ0) is 21.4. The summed E-state index contributed by atoms with van der Waals surface area (Å²) in [7, 11) is 0. The van der Waals surface area contributed by atoms with Gasteiger partial charge in [0.05, 0.1) is 9.72 Å². The summed E-state index contributed by atoms with van der Waals surface area (Å²) in [4.78, 5) is 22.2. The van der Waals surface area contributed by atoms with Crippen molar-refractivity contribution in [3.63, 3.8) is 0 Å². The molecule has 0 unspecified atom stereocenters. The van der Waals surface area contributed by atoms with E-state index in [0.717, 1.165) is 52.6 Å². The van der Waals surface area contributed by atoms with E-state index in [0.29, 0.717) is 22.0 Å². The minimum Gasteiger partial charge on any atom is -0.350 e. The molecule has 0 radical (unpaired) electrons. The van der Waals surface area contributed by atoms with E-state index in [4.69, 9.17) is 11.6 Å². The topological polar surface area (TPSA) is 48.5 Å². The number of nitrogens with one attached hydrogen (secondary N) is 1. The van der Waals surface area contributed by atoms with Crippen LogP contribution in [0.15, 0.2) is 42.5 Å². The Bertz CT molecular complexity index is 1250. The Kier molecular flexibility index (Phi) is 5.79. The Labute approximate surface area is 192 Å². The van der Waals surface area contributed by atoms with Crippen LogP contribution in [-0.4, -0.2) is 55.1 Å². The molecule has 0 aliphatic carbocycles. The number of aromatic nitrogens is 1. The summed E-state index contributed by atoms with van der Waals surface area (Å²) < 4.78 is 15.8. The number of hydrogen-bond acceptors (Lipinski definition) is 6. The number of thiazole rings is 1. The van der Waals surface area contributed by atoms with Crippen LogP contribution >= 0.6 is 34.3 Å². The van der Waals surface area contributed by atoms with Gasteiger partial charge in [-0.25, -0.2) is 9.37 Å². The zero-order valence-corrected chi connectivity index (χ0v) is 19.0. The van der Waals surface area contributed by atoms with E-state index in [-0.39, 0.29) is 11.7 Å². The van der Waals surface area contributed by atoms with Gasteiger partial charge in [0, 0.05) is 49.4 Å². The molecule has 0 bridgehead atoms. The second-order valence-corrected chi connectivity index (χ2v) is 9.85. The van der Waals surface area contributed by atoms with Crippen LogP contribution in [0.1, 0.15) is 9.67 Å². The molecule has 5 rings (SSSR count). The van der Waals surface area contributed by atoms with Gasteiger partial charge in [-0.1, -0.05) is 47.2 Å². The van der Waals surface area contributed by atoms with Crippen molar-refractivity contribution in [2.45, 2.75) is 0 Å². The number of hydrogen-bond donors (Lipinski definition) is 1. The first-order valence-electron chi connectivity index (χ1n) is 10.1. The first-order valence-corrected chi connectivity index (χ1v) is 12.1. The van der Waals surface area contributed by atoms with Gasteiger partial charge < -0.3 is 10.2 Å². The monoisotopic (exact) mass is 474 g/mol. The minimum absolute atomic E-state index is 0.124. The molecule has 2 aromatic carbocycles. The lowest BCUT2D eigenvalue weighted by atomic mass is 10.2. The summed E-state index contributed by atoms with van der Waals surface area (Å²) in [6.45, 7) is 4.75. The summed E-state index contributed by atoms with van der Waals surface area (Å²) in [5.41, 5.74) is 0.451. The Hall–Kier alpha value is -2.26. The molecular formula is C22H20ClFN4OS2. The standard InChI is InChI=1S/C22H20ClFN4OS2/c23-18-14-4-1-2-6-16(14)30-20(18)21(29)25-8-9-27-10-12-28(13-11-27)22-26-19-15(24)5-3-7-17(19)31-22/h1-7H,8-13H2,(H,25,29). The summed E-state index contributed by atoms with van der Waals surface area (Å²) in [5, 5.41) is 5.31. The minimum atomic E-state index is -0.270. The molecule has 1 N–H and O–H groups in total. The number of anilines is 1. The van der Waals surface area contributed by atoms with Crippen molar-refractivity contribution in [1.29, 1.82) is 0 Å². The average Bonchev–Trinajstić information content (AvgIpc) is 3.37. The molecule has 3 heterocycles. The van der Waals surface area contributed by atoms with Crippen LogP contribution in [0.2, 0.25) is 5.02 Å². The van der Waals surface area contributed by atoms with Crippen LogP contribution < -0.4 is 10.2 Å². The lowest BCUT2D eigenvalue weighted by molar-refractivity contribution is 0.0952. The number of piperazine rings is 1. The smallest absolute Gasteiger partial charge is 0.262 e. The van der Waals surface area contributed by atoms with Crippen molar-refractivity contribution in [3.05, 3.63) is 58.2 Å². The SMILES string of the molecule is O=C(NCCN1CCN(c2nc3c(F)cccc3s2)CC1)c1sc2ccccc2c1Cl. The molecule has 4 aromatic rings. The van der Waals surface area contributed by atoms with Crippen molar-refractivity contribution in [2.24, 2.45) is 0 Å². The van der Waals surface area contributed by atoms with E-state index in [9.17, 15) is 9.18 Å². The van der Waals surface area contributed by atoms with Gasteiger partial charge in [-0.15, -0.1) is 11.3 Å². The number of fused-ring (bicyclic) bond motifs is 2. The van der Waals surface area contributed by atoms with Gasteiger partial charge in [-0.05, 0) is 18.2 Å². The Morgan fingerprint density at radius 2 is 1.84 bits per heavy atom. The van der Waals surface area contributed by atoms with Gasteiger partial charge in [-0.3, -0.25) is 9.69 Å². The van der Waals surface area contributed by atoms with Gasteiger partial charge >= 0.3 is 0 Å². The first kappa shape index (κ1) is 20.6. The summed E-state index contributed by atoms with van der Waals surface area (Å²) >= 11 is 9.35. The molecule has 1 saturated heterocycles. The Morgan fingerprint density at radius 3 is 2.61 bits per heavy atom. The highest BCUT2D eigenvalue weighted by Gasteiger charge is 2.21. The van der Waals surface area contributed by atoms with E-state index >= 15 is 0 Å². The fourth-order valence-corrected chi connectivity index (χ4v) is 6.23. The van der Waals surface area contributed by atoms with Gasteiger partial charge in [0.25, 0.3) is 5.91 Å². The number of rotatable bonds is 5. The predicted molar refractivity (Wildman–Crippen MR) is 127 cm³/mol. The summed E-state index contributed by atoms with van der Waals surface area (Å²) in [6.07, 6.45) is 0. The van der Waals surface area contributed by atoms with E-state index in [1.807, 2.05) is 30.3 Å². The Morgan fingerprint density at radius 1 is 1.06 bits per heavy atom. The van der Waals surface area contributed by atoms with Crippen molar-refractivity contribution in [3.8, 4) is 0 Å². The van der Waals surface area contributed by atoms with Crippen molar-refractivity contribution < 1.29 is 9.18 Å². The maximum absolute atomic E-state index is 13.9. The number of carbonyl (C=O) groups excluding carboxylic acids is 1. The molecule has 0 saturated carbocycles. The first-order chi connectivity index (χ1) is 15.1. The maximum atomic E-state index is 13.9. The lowest BCUT2D eigenvalue weighted by Crippen LogP contribution is -2.48. The number of para-hydroxylation sites is 1.